The van der Waals surface area contributed by atoms with E-state index in [1.807, 2.05) is 18.2 Å². The number of aryl methyl sites for hydroxylation is 1. The van der Waals surface area contributed by atoms with E-state index in [9.17, 15) is 13.2 Å². The monoisotopic (exact) mass is 555 g/mol. The molecular formula is C28H33N3O5S2. The summed E-state index contributed by atoms with van der Waals surface area (Å²) in [6, 6.07) is 6.61. The molecule has 3 aliphatic rings. The number of sulfone groups is 1. The van der Waals surface area contributed by atoms with Gasteiger partial charge in [0.05, 0.1) is 15.2 Å². The second-order valence-electron chi connectivity index (χ2n) is 10.5. The lowest BCUT2D eigenvalue weighted by Gasteiger charge is -2.36. The number of ether oxygens (including phenoxy) is 1. The number of aromatic nitrogens is 1. The molecule has 0 spiro atoms. The molecule has 1 unspecified atom stereocenters. The lowest BCUT2D eigenvalue weighted by atomic mass is 10.0. The van der Waals surface area contributed by atoms with Crippen molar-refractivity contribution in [2.24, 2.45) is 5.92 Å². The maximum Gasteiger partial charge on any atom is 0.264 e. The van der Waals surface area contributed by atoms with Crippen LogP contribution in [0.5, 0.6) is 0 Å². The molecule has 1 aromatic carbocycles. The lowest BCUT2D eigenvalue weighted by Crippen LogP contribution is -2.51. The van der Waals surface area contributed by atoms with Gasteiger partial charge in [0, 0.05) is 56.3 Å². The molecule has 1 aliphatic carbocycles. The molecule has 1 saturated carbocycles. The van der Waals surface area contributed by atoms with Gasteiger partial charge in [-0.25, -0.2) is 23.7 Å². The van der Waals surface area contributed by atoms with Crippen molar-refractivity contribution < 1.29 is 22.8 Å². The first kappa shape index (κ1) is 27.1. The number of carbonyl (C=O) groups is 1. The normalized spacial score (nSPS) is 21.9. The standard InChI is InChI=1S/C28H33N3O5S2/c1-28(38(2,33)34,27(32)30-36-26-9-5-6-16-35-26)15-14-25-29-23-13-10-20(17-24(23)37-25)7-3-4-8-21-18-31(19-21)22-11-12-22/h10,13,17,21-22,26H,5-6,9,11-12,14-16,18-19H2,1-2H3,(H,30,32)/t26?,28-/m1/s1. The van der Waals surface area contributed by atoms with Gasteiger partial charge in [-0.2, -0.15) is 0 Å². The van der Waals surface area contributed by atoms with Crippen LogP contribution in [0.15, 0.2) is 18.2 Å². The number of hydrogen-bond acceptors (Lipinski definition) is 8. The molecule has 3 heterocycles. The number of likely N-dealkylation sites (tertiary alicyclic amines) is 1. The van der Waals surface area contributed by atoms with Crippen molar-refractivity contribution in [2.75, 3.05) is 26.0 Å². The number of benzene rings is 1. The Morgan fingerprint density at radius 1 is 1.26 bits per heavy atom. The van der Waals surface area contributed by atoms with Crippen LogP contribution in [0.4, 0.5) is 0 Å². The highest BCUT2D eigenvalue weighted by Crippen LogP contribution is 2.32. The van der Waals surface area contributed by atoms with Gasteiger partial charge in [-0.3, -0.25) is 9.69 Å². The van der Waals surface area contributed by atoms with Gasteiger partial charge in [0.1, 0.15) is 4.75 Å². The first-order valence-corrected chi connectivity index (χ1v) is 15.8. The summed E-state index contributed by atoms with van der Waals surface area (Å²) in [4.78, 5) is 25.4. The van der Waals surface area contributed by atoms with Crippen LogP contribution in [0.3, 0.4) is 0 Å². The SMILES string of the molecule is C[C@@](CCc1nc2ccc(C#CC#CC3CN(C4CC4)C3)cc2s1)(C(=O)NOC1CCCCO1)S(C)(=O)=O. The van der Waals surface area contributed by atoms with Gasteiger partial charge in [0.2, 0.25) is 0 Å². The van der Waals surface area contributed by atoms with Crippen molar-refractivity contribution in [3.8, 4) is 23.7 Å². The van der Waals surface area contributed by atoms with E-state index in [2.05, 4.69) is 39.0 Å². The van der Waals surface area contributed by atoms with Gasteiger partial charge in [-0.15, -0.1) is 11.3 Å². The number of fused-ring (bicyclic) bond motifs is 1. The summed E-state index contributed by atoms with van der Waals surface area (Å²) >= 11 is 1.48. The van der Waals surface area contributed by atoms with E-state index in [1.54, 1.807) is 0 Å². The van der Waals surface area contributed by atoms with Gasteiger partial charge in [0.15, 0.2) is 16.1 Å². The highest BCUT2D eigenvalue weighted by molar-refractivity contribution is 7.92. The third kappa shape index (κ3) is 6.39. The summed E-state index contributed by atoms with van der Waals surface area (Å²) < 4.78 is 30.0. The highest BCUT2D eigenvalue weighted by atomic mass is 32.2. The van der Waals surface area contributed by atoms with E-state index < -0.39 is 26.8 Å². The number of thiazole rings is 1. The van der Waals surface area contributed by atoms with Crippen LogP contribution >= 0.6 is 11.3 Å². The predicted molar refractivity (Wildman–Crippen MR) is 147 cm³/mol. The van der Waals surface area contributed by atoms with Crippen LogP contribution in [0.25, 0.3) is 10.2 Å². The molecule has 3 fully saturated rings. The Bertz CT molecular complexity index is 1410. The van der Waals surface area contributed by atoms with Gasteiger partial charge in [-0.05, 0) is 69.1 Å². The molecule has 5 rings (SSSR count). The summed E-state index contributed by atoms with van der Waals surface area (Å²) in [5.74, 6) is 12.1. The quantitative estimate of drug-likeness (QED) is 0.395. The van der Waals surface area contributed by atoms with Crippen molar-refractivity contribution in [3.63, 3.8) is 0 Å². The first-order valence-electron chi connectivity index (χ1n) is 13.1. The summed E-state index contributed by atoms with van der Waals surface area (Å²) in [7, 11) is -3.73. The van der Waals surface area contributed by atoms with Gasteiger partial charge < -0.3 is 4.74 Å². The second-order valence-corrected chi connectivity index (χ2v) is 14.1. The van der Waals surface area contributed by atoms with E-state index in [-0.39, 0.29) is 6.42 Å². The maximum absolute atomic E-state index is 12.9. The first-order chi connectivity index (χ1) is 18.2. The zero-order valence-corrected chi connectivity index (χ0v) is 23.4. The molecule has 8 nitrogen and oxygen atoms in total. The molecule has 0 radical (unpaired) electrons. The Morgan fingerprint density at radius 2 is 2.08 bits per heavy atom. The summed E-state index contributed by atoms with van der Waals surface area (Å²) in [6.07, 6.45) is 6.12. The lowest BCUT2D eigenvalue weighted by molar-refractivity contribution is -0.201. The number of rotatable bonds is 8. The topological polar surface area (TPSA) is 97.8 Å². The average molecular weight is 556 g/mol. The van der Waals surface area contributed by atoms with Gasteiger partial charge in [-0.1, -0.05) is 11.8 Å². The number of carbonyl (C=O) groups excluding carboxylic acids is 1. The van der Waals surface area contributed by atoms with E-state index in [1.165, 1.54) is 31.1 Å². The molecule has 1 N–H and O–H groups in total. The molecule has 38 heavy (non-hydrogen) atoms. The van der Waals surface area contributed by atoms with E-state index in [0.717, 1.165) is 59.0 Å². The van der Waals surface area contributed by atoms with Crippen LogP contribution in [0.1, 0.15) is 56.0 Å². The molecule has 0 bridgehead atoms. The van der Waals surface area contributed by atoms with Crippen LogP contribution in [-0.4, -0.2) is 67.2 Å². The van der Waals surface area contributed by atoms with Crippen molar-refractivity contribution in [3.05, 3.63) is 28.8 Å². The van der Waals surface area contributed by atoms with Crippen LogP contribution in [-0.2, 0) is 30.6 Å². The molecule has 10 heteroatoms. The zero-order valence-electron chi connectivity index (χ0n) is 21.8. The molecule has 2 aliphatic heterocycles. The highest BCUT2D eigenvalue weighted by Gasteiger charge is 2.44. The molecule has 2 atom stereocenters. The van der Waals surface area contributed by atoms with Crippen LogP contribution in [0.2, 0.25) is 0 Å². The smallest absolute Gasteiger partial charge is 0.264 e. The molecule has 2 saturated heterocycles. The average Bonchev–Trinajstić information content (AvgIpc) is 3.62. The summed E-state index contributed by atoms with van der Waals surface area (Å²) in [5, 5.41) is 0.759. The number of hydrogen-bond donors (Lipinski definition) is 1. The molecule has 1 amide bonds. The Balaban J connectivity index is 1.19. The number of hydroxylamine groups is 1. The number of nitrogens with one attached hydrogen (secondary N) is 1. The molecule has 1 aromatic heterocycles. The Hall–Kier alpha value is -2.47. The fourth-order valence-electron chi connectivity index (χ4n) is 4.58. The Labute approximate surface area is 228 Å². The molecule has 2 aromatic rings. The van der Waals surface area contributed by atoms with E-state index in [0.29, 0.717) is 25.4 Å². The Morgan fingerprint density at radius 3 is 2.79 bits per heavy atom. The Kier molecular flexibility index (Phi) is 8.08. The van der Waals surface area contributed by atoms with Gasteiger partial charge >= 0.3 is 0 Å². The van der Waals surface area contributed by atoms with Crippen molar-refractivity contribution in [1.82, 2.24) is 15.4 Å². The number of nitrogens with zero attached hydrogens (tertiary/aromatic N) is 2. The minimum absolute atomic E-state index is 0.0773. The third-order valence-corrected chi connectivity index (χ3v) is 10.6. The molecule has 202 valence electrons. The third-order valence-electron chi connectivity index (χ3n) is 7.49. The summed E-state index contributed by atoms with van der Waals surface area (Å²) in [5.41, 5.74) is 4.01. The van der Waals surface area contributed by atoms with Gasteiger partial charge in [0.25, 0.3) is 5.91 Å². The van der Waals surface area contributed by atoms with E-state index >= 15 is 0 Å². The fraction of sp³-hybridized carbons (Fsp3) is 0.571. The summed E-state index contributed by atoms with van der Waals surface area (Å²) in [6.45, 7) is 4.12. The second kappa shape index (κ2) is 11.3. The molecular weight excluding hydrogens is 522 g/mol. The fourth-order valence-corrected chi connectivity index (χ4v) is 6.44. The number of amides is 1. The largest absolute Gasteiger partial charge is 0.350 e. The van der Waals surface area contributed by atoms with Crippen molar-refractivity contribution in [2.45, 2.75) is 68.9 Å². The maximum atomic E-state index is 12.9. The van der Waals surface area contributed by atoms with Crippen LogP contribution in [0, 0.1) is 29.6 Å². The van der Waals surface area contributed by atoms with Crippen LogP contribution < -0.4 is 5.48 Å². The predicted octanol–water partition coefficient (Wildman–Crippen LogP) is 3.06. The minimum Gasteiger partial charge on any atom is -0.350 e. The minimum atomic E-state index is -3.73. The van der Waals surface area contributed by atoms with E-state index in [4.69, 9.17) is 9.57 Å². The van der Waals surface area contributed by atoms with Crippen molar-refractivity contribution in [1.29, 1.82) is 0 Å². The zero-order chi connectivity index (χ0) is 26.8. The van der Waals surface area contributed by atoms with Crippen molar-refractivity contribution >= 4 is 37.3 Å².